The molecule has 0 bridgehead atoms. The highest BCUT2D eigenvalue weighted by atomic mass is 32.2. The molecule has 3 rings (SSSR count). The van der Waals surface area contributed by atoms with Crippen molar-refractivity contribution < 1.29 is 13.2 Å². The van der Waals surface area contributed by atoms with E-state index in [2.05, 4.69) is 4.72 Å². The first-order chi connectivity index (χ1) is 10.9. The van der Waals surface area contributed by atoms with E-state index in [1.54, 1.807) is 17.0 Å². The van der Waals surface area contributed by atoms with Crippen molar-refractivity contribution in [2.45, 2.75) is 49.6 Å². The van der Waals surface area contributed by atoms with Gasteiger partial charge in [-0.25, -0.2) is 13.1 Å². The number of hydrogen-bond donors (Lipinski definition) is 2. The summed E-state index contributed by atoms with van der Waals surface area (Å²) < 4.78 is 27.4. The van der Waals surface area contributed by atoms with Gasteiger partial charge in [-0.3, -0.25) is 4.79 Å². The molecule has 1 aromatic carbocycles. The second-order valence-corrected chi connectivity index (χ2v) is 8.12. The smallest absolute Gasteiger partial charge is 0.254 e. The van der Waals surface area contributed by atoms with E-state index in [0.29, 0.717) is 18.7 Å². The normalized spacial score (nSPS) is 21.7. The Morgan fingerprint density at radius 3 is 2.74 bits per heavy atom. The van der Waals surface area contributed by atoms with E-state index in [1.165, 1.54) is 6.07 Å². The molecule has 1 aliphatic heterocycles. The zero-order valence-corrected chi connectivity index (χ0v) is 14.1. The number of benzene rings is 1. The number of hydrogen-bond acceptors (Lipinski definition) is 4. The van der Waals surface area contributed by atoms with Gasteiger partial charge in [-0.2, -0.15) is 0 Å². The number of nitrogens with two attached hydrogens (primary N) is 1. The molecule has 1 saturated carbocycles. The highest BCUT2D eigenvalue weighted by molar-refractivity contribution is 7.89. The Labute approximate surface area is 137 Å². The maximum atomic E-state index is 12.8. The summed E-state index contributed by atoms with van der Waals surface area (Å²) in [6.45, 7) is 2.94. The average Bonchev–Trinajstić information content (AvgIpc) is 3.18. The van der Waals surface area contributed by atoms with Gasteiger partial charge in [0.1, 0.15) is 0 Å². The fraction of sp³-hybridized carbons (Fsp3) is 0.562. The Morgan fingerprint density at radius 2 is 2.09 bits per heavy atom. The molecule has 0 aromatic heterocycles. The summed E-state index contributed by atoms with van der Waals surface area (Å²) in [5, 5.41) is 0. The lowest BCUT2D eigenvalue weighted by molar-refractivity contribution is 0.0740. The molecule has 23 heavy (non-hydrogen) atoms. The first kappa shape index (κ1) is 16.4. The fourth-order valence-corrected chi connectivity index (χ4v) is 4.32. The predicted octanol–water partition coefficient (Wildman–Crippen LogP) is 0.999. The highest BCUT2D eigenvalue weighted by Crippen LogP contribution is 2.25. The number of nitrogens with one attached hydrogen (secondary N) is 1. The van der Waals surface area contributed by atoms with Crippen LogP contribution < -0.4 is 10.5 Å². The summed E-state index contributed by atoms with van der Waals surface area (Å²) >= 11 is 0. The lowest BCUT2D eigenvalue weighted by Gasteiger charge is -2.24. The number of aryl methyl sites for hydroxylation is 1. The molecular formula is C16H23N3O3S. The van der Waals surface area contributed by atoms with Crippen molar-refractivity contribution in [1.29, 1.82) is 0 Å². The summed E-state index contributed by atoms with van der Waals surface area (Å²) in [5.41, 5.74) is 6.97. The van der Waals surface area contributed by atoms with Gasteiger partial charge in [0, 0.05) is 30.7 Å². The highest BCUT2D eigenvalue weighted by Gasteiger charge is 2.31. The Balaban J connectivity index is 1.89. The summed E-state index contributed by atoms with van der Waals surface area (Å²) in [6.07, 6.45) is 3.60. The van der Waals surface area contributed by atoms with Gasteiger partial charge in [-0.1, -0.05) is 6.07 Å². The van der Waals surface area contributed by atoms with E-state index in [4.69, 9.17) is 5.73 Å². The maximum Gasteiger partial charge on any atom is 0.254 e. The van der Waals surface area contributed by atoms with Crippen molar-refractivity contribution in [3.8, 4) is 0 Å². The Hall–Kier alpha value is -1.44. The van der Waals surface area contributed by atoms with E-state index in [-0.39, 0.29) is 22.9 Å². The molecule has 2 fully saturated rings. The molecule has 1 saturated heterocycles. The largest absolute Gasteiger partial charge is 0.334 e. The first-order valence-electron chi connectivity index (χ1n) is 8.06. The molecule has 1 heterocycles. The van der Waals surface area contributed by atoms with Crippen molar-refractivity contribution in [2.24, 2.45) is 5.73 Å². The fourth-order valence-electron chi connectivity index (χ4n) is 2.99. The van der Waals surface area contributed by atoms with Crippen LogP contribution in [-0.4, -0.2) is 44.4 Å². The van der Waals surface area contributed by atoms with Crippen molar-refractivity contribution in [3.63, 3.8) is 0 Å². The van der Waals surface area contributed by atoms with Gasteiger partial charge in [0.25, 0.3) is 5.91 Å². The molecule has 1 unspecified atom stereocenters. The molecule has 7 heteroatoms. The van der Waals surface area contributed by atoms with Crippen LogP contribution in [0.5, 0.6) is 0 Å². The van der Waals surface area contributed by atoms with Crippen LogP contribution in [0.3, 0.4) is 0 Å². The third-order valence-corrected chi connectivity index (χ3v) is 6.08. The topological polar surface area (TPSA) is 92.5 Å². The Morgan fingerprint density at radius 1 is 1.35 bits per heavy atom. The number of carbonyl (C=O) groups is 1. The molecule has 126 valence electrons. The van der Waals surface area contributed by atoms with Crippen molar-refractivity contribution in [2.75, 3.05) is 13.1 Å². The molecule has 0 spiro atoms. The van der Waals surface area contributed by atoms with Gasteiger partial charge < -0.3 is 10.6 Å². The van der Waals surface area contributed by atoms with E-state index >= 15 is 0 Å². The summed E-state index contributed by atoms with van der Waals surface area (Å²) in [4.78, 5) is 14.7. The van der Waals surface area contributed by atoms with Crippen LogP contribution >= 0.6 is 0 Å². The number of carbonyl (C=O) groups excluding carboxylic acids is 1. The van der Waals surface area contributed by atoms with Crippen molar-refractivity contribution in [3.05, 3.63) is 29.3 Å². The quantitative estimate of drug-likeness (QED) is 0.838. The SMILES string of the molecule is Cc1ccc(S(=O)(=O)NC2CC2)cc1C(=O)N1CCCC1CN. The van der Waals surface area contributed by atoms with Crippen LogP contribution in [0.15, 0.2) is 23.1 Å². The van der Waals surface area contributed by atoms with Gasteiger partial charge in [0.15, 0.2) is 0 Å². The van der Waals surface area contributed by atoms with Crippen LogP contribution in [0, 0.1) is 6.92 Å². The van der Waals surface area contributed by atoms with Gasteiger partial charge in [0.05, 0.1) is 4.90 Å². The van der Waals surface area contributed by atoms with E-state index in [9.17, 15) is 13.2 Å². The van der Waals surface area contributed by atoms with Gasteiger partial charge in [-0.05, 0) is 50.3 Å². The predicted molar refractivity (Wildman–Crippen MR) is 87.6 cm³/mol. The minimum atomic E-state index is -3.56. The lowest BCUT2D eigenvalue weighted by Crippen LogP contribution is -2.40. The summed E-state index contributed by atoms with van der Waals surface area (Å²) in [7, 11) is -3.56. The van der Waals surface area contributed by atoms with Crippen LogP contribution in [0.4, 0.5) is 0 Å². The molecule has 1 aromatic rings. The van der Waals surface area contributed by atoms with E-state index < -0.39 is 10.0 Å². The van der Waals surface area contributed by atoms with E-state index in [0.717, 1.165) is 31.2 Å². The third kappa shape index (κ3) is 3.41. The summed E-state index contributed by atoms with van der Waals surface area (Å²) in [5.74, 6) is -0.126. The number of sulfonamides is 1. The molecule has 1 amide bonds. The molecule has 2 aliphatic rings. The number of amides is 1. The third-order valence-electron chi connectivity index (χ3n) is 4.56. The Kier molecular flexibility index (Phi) is 4.44. The monoisotopic (exact) mass is 337 g/mol. The Bertz CT molecular complexity index is 713. The zero-order chi connectivity index (χ0) is 16.6. The summed E-state index contributed by atoms with van der Waals surface area (Å²) in [6, 6.07) is 4.84. The lowest BCUT2D eigenvalue weighted by atomic mass is 10.1. The maximum absolute atomic E-state index is 12.8. The number of rotatable bonds is 5. The molecular weight excluding hydrogens is 314 g/mol. The van der Waals surface area contributed by atoms with Crippen molar-refractivity contribution >= 4 is 15.9 Å². The van der Waals surface area contributed by atoms with E-state index in [1.807, 2.05) is 6.92 Å². The second-order valence-electron chi connectivity index (χ2n) is 6.40. The molecule has 6 nitrogen and oxygen atoms in total. The number of likely N-dealkylation sites (tertiary alicyclic amines) is 1. The molecule has 3 N–H and O–H groups in total. The van der Waals surface area contributed by atoms with Crippen LogP contribution in [-0.2, 0) is 10.0 Å². The average molecular weight is 337 g/mol. The van der Waals surface area contributed by atoms with Crippen LogP contribution in [0.1, 0.15) is 41.6 Å². The minimum Gasteiger partial charge on any atom is -0.334 e. The standard InChI is InChI=1S/C16H23N3O3S/c1-11-4-7-14(23(21,22)18-12-5-6-12)9-15(11)16(20)19-8-2-3-13(19)10-17/h4,7,9,12-13,18H,2-3,5-6,8,10,17H2,1H3. The second kappa shape index (κ2) is 6.22. The van der Waals surface area contributed by atoms with Crippen LogP contribution in [0.25, 0.3) is 0 Å². The van der Waals surface area contributed by atoms with Crippen LogP contribution in [0.2, 0.25) is 0 Å². The number of nitrogens with zero attached hydrogens (tertiary/aromatic N) is 1. The molecule has 0 radical (unpaired) electrons. The molecule has 1 aliphatic carbocycles. The first-order valence-corrected chi connectivity index (χ1v) is 9.54. The molecule has 1 atom stereocenters. The zero-order valence-electron chi connectivity index (χ0n) is 13.3. The van der Waals surface area contributed by atoms with Crippen molar-refractivity contribution in [1.82, 2.24) is 9.62 Å². The minimum absolute atomic E-state index is 0.0423. The van der Waals surface area contributed by atoms with Gasteiger partial charge in [0.2, 0.25) is 10.0 Å². The van der Waals surface area contributed by atoms with Gasteiger partial charge in [-0.15, -0.1) is 0 Å². The van der Waals surface area contributed by atoms with Gasteiger partial charge >= 0.3 is 0 Å².